The van der Waals surface area contributed by atoms with Crippen LogP contribution in [-0.4, -0.2) is 14.6 Å². The summed E-state index contributed by atoms with van der Waals surface area (Å²) in [5, 5.41) is 5.16. The lowest BCUT2D eigenvalue weighted by Gasteiger charge is -2.08. The van der Waals surface area contributed by atoms with E-state index in [0.29, 0.717) is 22.4 Å². The predicted molar refractivity (Wildman–Crippen MR) is 78.5 cm³/mol. The van der Waals surface area contributed by atoms with E-state index in [-0.39, 0.29) is 0 Å². The Morgan fingerprint density at radius 2 is 2.10 bits per heavy atom. The van der Waals surface area contributed by atoms with Crippen LogP contribution in [0, 0.1) is 6.92 Å². The average molecular weight is 308 g/mol. The van der Waals surface area contributed by atoms with Crippen LogP contribution in [0.2, 0.25) is 10.0 Å². The summed E-state index contributed by atoms with van der Waals surface area (Å²) in [6.45, 7) is 2.25. The number of halogens is 2. The standard InChI is InChI=1S/C14H11Cl2N3O/c1-9-7-13-17-10(5-6-19(13)18-9)8-20-12-4-2-3-11(15)14(12)16/h2-7H,8H2,1H3. The number of rotatable bonds is 3. The molecule has 0 atom stereocenters. The molecule has 6 heteroatoms. The van der Waals surface area contributed by atoms with Gasteiger partial charge in [-0.3, -0.25) is 0 Å². The van der Waals surface area contributed by atoms with Crippen molar-refractivity contribution in [2.45, 2.75) is 13.5 Å². The van der Waals surface area contributed by atoms with Crippen molar-refractivity contribution in [3.8, 4) is 5.75 Å². The van der Waals surface area contributed by atoms with Crippen molar-refractivity contribution in [1.29, 1.82) is 0 Å². The number of aryl methyl sites for hydroxylation is 1. The quantitative estimate of drug-likeness (QED) is 0.736. The van der Waals surface area contributed by atoms with Gasteiger partial charge in [-0.1, -0.05) is 29.3 Å². The molecule has 0 spiro atoms. The van der Waals surface area contributed by atoms with Gasteiger partial charge in [0.1, 0.15) is 17.4 Å². The highest BCUT2D eigenvalue weighted by atomic mass is 35.5. The molecule has 0 bridgehead atoms. The highest BCUT2D eigenvalue weighted by molar-refractivity contribution is 6.42. The number of benzene rings is 1. The van der Waals surface area contributed by atoms with Crippen molar-refractivity contribution < 1.29 is 4.74 Å². The van der Waals surface area contributed by atoms with E-state index in [4.69, 9.17) is 27.9 Å². The third-order valence-electron chi connectivity index (χ3n) is 2.80. The molecule has 2 aromatic heterocycles. The highest BCUT2D eigenvalue weighted by Gasteiger charge is 2.07. The molecule has 3 rings (SSSR count). The third kappa shape index (κ3) is 2.57. The fourth-order valence-corrected chi connectivity index (χ4v) is 2.21. The topological polar surface area (TPSA) is 39.4 Å². The van der Waals surface area contributed by atoms with Gasteiger partial charge in [0.15, 0.2) is 5.65 Å². The first-order valence-electron chi connectivity index (χ1n) is 6.02. The van der Waals surface area contributed by atoms with Crippen LogP contribution in [0.5, 0.6) is 5.75 Å². The second kappa shape index (κ2) is 5.31. The van der Waals surface area contributed by atoms with Crippen LogP contribution >= 0.6 is 23.2 Å². The van der Waals surface area contributed by atoms with Crippen LogP contribution in [0.25, 0.3) is 5.65 Å². The molecule has 102 valence electrons. The minimum atomic E-state index is 0.320. The molecule has 0 aliphatic heterocycles. The first-order chi connectivity index (χ1) is 9.63. The normalized spacial score (nSPS) is 10.9. The lowest BCUT2D eigenvalue weighted by Crippen LogP contribution is -2.01. The van der Waals surface area contributed by atoms with Crippen LogP contribution in [-0.2, 0) is 6.61 Å². The van der Waals surface area contributed by atoms with E-state index in [1.807, 2.05) is 25.3 Å². The molecule has 0 aliphatic rings. The second-order valence-corrected chi connectivity index (χ2v) is 5.13. The SMILES string of the molecule is Cc1cc2nc(COc3cccc(Cl)c3Cl)ccn2n1. The maximum absolute atomic E-state index is 6.07. The number of nitrogens with zero attached hydrogens (tertiary/aromatic N) is 3. The van der Waals surface area contributed by atoms with Crippen molar-refractivity contribution in [3.05, 3.63) is 58.0 Å². The molecule has 0 N–H and O–H groups in total. The highest BCUT2D eigenvalue weighted by Crippen LogP contribution is 2.31. The number of fused-ring (bicyclic) bond motifs is 1. The average Bonchev–Trinajstić information content (AvgIpc) is 2.79. The van der Waals surface area contributed by atoms with Crippen molar-refractivity contribution in [3.63, 3.8) is 0 Å². The molecule has 0 fully saturated rings. The Balaban J connectivity index is 1.81. The van der Waals surface area contributed by atoms with Gasteiger partial charge in [0, 0.05) is 12.3 Å². The molecule has 1 aromatic carbocycles. The summed E-state index contributed by atoms with van der Waals surface area (Å²) >= 11 is 12.0. The van der Waals surface area contributed by atoms with Crippen LogP contribution in [0.1, 0.15) is 11.4 Å². The number of hydrogen-bond donors (Lipinski definition) is 0. The summed E-state index contributed by atoms with van der Waals surface area (Å²) in [6.07, 6.45) is 1.85. The molecule has 0 saturated heterocycles. The maximum Gasteiger partial charge on any atom is 0.155 e. The summed E-state index contributed by atoms with van der Waals surface area (Å²) in [5.41, 5.74) is 2.52. The summed E-state index contributed by atoms with van der Waals surface area (Å²) in [4.78, 5) is 4.46. The molecular formula is C14H11Cl2N3O. The fraction of sp³-hybridized carbons (Fsp3) is 0.143. The van der Waals surface area contributed by atoms with Gasteiger partial charge in [0.2, 0.25) is 0 Å². The van der Waals surface area contributed by atoms with E-state index in [0.717, 1.165) is 17.0 Å². The summed E-state index contributed by atoms with van der Waals surface area (Å²) in [6, 6.07) is 9.06. The first kappa shape index (κ1) is 13.2. The van der Waals surface area contributed by atoms with Crippen LogP contribution in [0.3, 0.4) is 0 Å². The van der Waals surface area contributed by atoms with E-state index < -0.39 is 0 Å². The Kier molecular flexibility index (Phi) is 3.51. The molecule has 0 amide bonds. The van der Waals surface area contributed by atoms with E-state index in [1.54, 1.807) is 22.7 Å². The molecule has 20 heavy (non-hydrogen) atoms. The Labute approximate surface area is 125 Å². The van der Waals surface area contributed by atoms with Crippen molar-refractivity contribution in [1.82, 2.24) is 14.6 Å². The molecule has 0 saturated carbocycles. The molecule has 0 unspecified atom stereocenters. The number of ether oxygens (including phenoxy) is 1. The van der Waals surface area contributed by atoms with Crippen molar-refractivity contribution >= 4 is 28.8 Å². The lowest BCUT2D eigenvalue weighted by atomic mass is 10.3. The van der Waals surface area contributed by atoms with Gasteiger partial charge in [0.25, 0.3) is 0 Å². The monoisotopic (exact) mass is 307 g/mol. The second-order valence-electron chi connectivity index (χ2n) is 4.35. The number of hydrogen-bond acceptors (Lipinski definition) is 3. The van der Waals surface area contributed by atoms with Gasteiger partial charge in [-0.15, -0.1) is 0 Å². The largest absolute Gasteiger partial charge is 0.486 e. The third-order valence-corrected chi connectivity index (χ3v) is 3.60. The van der Waals surface area contributed by atoms with Crippen LogP contribution in [0.15, 0.2) is 36.5 Å². The summed E-state index contributed by atoms with van der Waals surface area (Å²) in [5.74, 6) is 0.547. The van der Waals surface area contributed by atoms with Gasteiger partial charge in [-0.25, -0.2) is 9.50 Å². The molecule has 0 radical (unpaired) electrons. The maximum atomic E-state index is 6.07. The zero-order valence-corrected chi connectivity index (χ0v) is 12.2. The van der Waals surface area contributed by atoms with Gasteiger partial charge in [-0.05, 0) is 25.1 Å². The predicted octanol–water partition coefficient (Wildman–Crippen LogP) is 3.92. The Hall–Kier alpha value is -1.78. The zero-order chi connectivity index (χ0) is 14.1. The van der Waals surface area contributed by atoms with Gasteiger partial charge in [-0.2, -0.15) is 5.10 Å². The smallest absolute Gasteiger partial charge is 0.155 e. The number of aromatic nitrogens is 3. The lowest BCUT2D eigenvalue weighted by molar-refractivity contribution is 0.301. The zero-order valence-electron chi connectivity index (χ0n) is 10.7. The van der Waals surface area contributed by atoms with E-state index in [1.165, 1.54) is 0 Å². The van der Waals surface area contributed by atoms with Crippen molar-refractivity contribution in [2.75, 3.05) is 0 Å². The first-order valence-corrected chi connectivity index (χ1v) is 6.78. The minimum Gasteiger partial charge on any atom is -0.486 e. The summed E-state index contributed by atoms with van der Waals surface area (Å²) in [7, 11) is 0. The molecule has 3 aromatic rings. The fourth-order valence-electron chi connectivity index (χ4n) is 1.86. The van der Waals surface area contributed by atoms with Crippen molar-refractivity contribution in [2.24, 2.45) is 0 Å². The Bertz CT molecular complexity index is 770. The van der Waals surface area contributed by atoms with Crippen LogP contribution in [0.4, 0.5) is 0 Å². The van der Waals surface area contributed by atoms with E-state index >= 15 is 0 Å². The Morgan fingerprint density at radius 1 is 1.25 bits per heavy atom. The van der Waals surface area contributed by atoms with Crippen LogP contribution < -0.4 is 4.74 Å². The molecule has 4 nitrogen and oxygen atoms in total. The minimum absolute atomic E-state index is 0.320. The van der Waals surface area contributed by atoms with Gasteiger partial charge >= 0.3 is 0 Å². The van der Waals surface area contributed by atoms with E-state index in [9.17, 15) is 0 Å². The van der Waals surface area contributed by atoms with Gasteiger partial charge < -0.3 is 4.74 Å². The molecular weight excluding hydrogens is 297 g/mol. The molecule has 0 aliphatic carbocycles. The van der Waals surface area contributed by atoms with Gasteiger partial charge in [0.05, 0.1) is 16.4 Å². The molecule has 2 heterocycles. The van der Waals surface area contributed by atoms with E-state index in [2.05, 4.69) is 10.1 Å². The summed E-state index contributed by atoms with van der Waals surface area (Å²) < 4.78 is 7.38. The Morgan fingerprint density at radius 3 is 2.95 bits per heavy atom.